The van der Waals surface area contributed by atoms with E-state index in [2.05, 4.69) is 5.32 Å². The molecular formula is C23H31N3O3. The van der Waals surface area contributed by atoms with Crippen LogP contribution in [0.1, 0.15) is 67.3 Å². The van der Waals surface area contributed by atoms with Gasteiger partial charge in [0.15, 0.2) is 0 Å². The lowest BCUT2D eigenvalue weighted by Crippen LogP contribution is -2.43. The molecule has 29 heavy (non-hydrogen) atoms. The average Bonchev–Trinajstić information content (AvgIpc) is 3.26. The Morgan fingerprint density at radius 1 is 1.03 bits per heavy atom. The summed E-state index contributed by atoms with van der Waals surface area (Å²) in [6, 6.07) is 7.81. The Balaban J connectivity index is 1.35. The van der Waals surface area contributed by atoms with Crippen molar-refractivity contribution in [2.75, 3.05) is 26.2 Å². The van der Waals surface area contributed by atoms with E-state index in [0.717, 1.165) is 49.8 Å². The van der Waals surface area contributed by atoms with Gasteiger partial charge in [-0.3, -0.25) is 14.4 Å². The van der Waals surface area contributed by atoms with Crippen molar-refractivity contribution in [3.8, 4) is 0 Å². The second-order valence-electron chi connectivity index (χ2n) is 8.89. The van der Waals surface area contributed by atoms with Gasteiger partial charge in [-0.15, -0.1) is 0 Å². The molecular weight excluding hydrogens is 366 g/mol. The molecule has 0 aromatic heterocycles. The summed E-state index contributed by atoms with van der Waals surface area (Å²) < 4.78 is 0. The maximum atomic E-state index is 12.8. The van der Waals surface area contributed by atoms with Crippen LogP contribution in [0.25, 0.3) is 0 Å². The van der Waals surface area contributed by atoms with Crippen LogP contribution in [-0.2, 0) is 16.1 Å². The molecule has 2 heterocycles. The van der Waals surface area contributed by atoms with Gasteiger partial charge in [-0.2, -0.15) is 0 Å². The molecule has 0 spiro atoms. The third-order valence-electron chi connectivity index (χ3n) is 6.75. The monoisotopic (exact) mass is 397 g/mol. The van der Waals surface area contributed by atoms with Crippen LogP contribution in [0.2, 0.25) is 0 Å². The van der Waals surface area contributed by atoms with Crippen LogP contribution >= 0.6 is 0 Å². The molecule has 1 saturated heterocycles. The van der Waals surface area contributed by atoms with Gasteiger partial charge in [0.1, 0.15) is 0 Å². The van der Waals surface area contributed by atoms with Crippen LogP contribution in [0, 0.1) is 5.41 Å². The van der Waals surface area contributed by atoms with Gasteiger partial charge in [-0.25, -0.2) is 0 Å². The molecule has 6 nitrogen and oxygen atoms in total. The van der Waals surface area contributed by atoms with Crippen LogP contribution in [-0.4, -0.2) is 53.7 Å². The molecule has 1 aromatic carbocycles. The Morgan fingerprint density at radius 3 is 2.55 bits per heavy atom. The number of carbonyl (C=O) groups excluding carboxylic acids is 3. The summed E-state index contributed by atoms with van der Waals surface area (Å²) in [6.45, 7) is 3.20. The van der Waals surface area contributed by atoms with Gasteiger partial charge in [0.05, 0.1) is 0 Å². The highest BCUT2D eigenvalue weighted by Crippen LogP contribution is 2.41. The lowest BCUT2D eigenvalue weighted by atomic mass is 9.71. The van der Waals surface area contributed by atoms with Crippen molar-refractivity contribution < 1.29 is 14.4 Å². The van der Waals surface area contributed by atoms with E-state index in [4.69, 9.17) is 0 Å². The number of nitrogens with one attached hydrogen (secondary N) is 1. The first kappa shape index (κ1) is 19.9. The number of hydrogen-bond donors (Lipinski definition) is 1. The van der Waals surface area contributed by atoms with E-state index in [-0.39, 0.29) is 23.1 Å². The fourth-order valence-corrected chi connectivity index (χ4v) is 5.21. The third kappa shape index (κ3) is 4.46. The summed E-state index contributed by atoms with van der Waals surface area (Å²) in [5, 5.41) is 3.02. The Bertz CT molecular complexity index is 785. The molecule has 1 N–H and O–H groups in total. The van der Waals surface area contributed by atoms with Gasteiger partial charge in [-0.05, 0) is 36.3 Å². The van der Waals surface area contributed by atoms with Gasteiger partial charge < -0.3 is 15.1 Å². The number of likely N-dealkylation sites (tertiary alicyclic amines) is 1. The van der Waals surface area contributed by atoms with Gasteiger partial charge in [0, 0.05) is 51.1 Å². The maximum absolute atomic E-state index is 12.8. The number of rotatable bonds is 7. The molecule has 1 aromatic rings. The van der Waals surface area contributed by atoms with Gasteiger partial charge >= 0.3 is 0 Å². The molecule has 3 aliphatic rings. The summed E-state index contributed by atoms with van der Waals surface area (Å²) >= 11 is 0. The van der Waals surface area contributed by atoms with Crippen LogP contribution in [0.5, 0.6) is 0 Å². The highest BCUT2D eigenvalue weighted by Gasteiger charge is 2.39. The molecule has 0 radical (unpaired) electrons. The van der Waals surface area contributed by atoms with Crippen molar-refractivity contribution in [1.82, 2.24) is 15.1 Å². The smallest absolute Gasteiger partial charge is 0.254 e. The zero-order valence-electron chi connectivity index (χ0n) is 17.1. The van der Waals surface area contributed by atoms with Crippen molar-refractivity contribution in [3.05, 3.63) is 35.4 Å². The van der Waals surface area contributed by atoms with Crippen molar-refractivity contribution in [1.29, 1.82) is 0 Å². The summed E-state index contributed by atoms with van der Waals surface area (Å²) in [6.07, 6.45) is 7.42. The second kappa shape index (κ2) is 8.56. The topological polar surface area (TPSA) is 69.7 Å². The molecule has 1 aliphatic carbocycles. The first-order chi connectivity index (χ1) is 14.1. The molecule has 0 atom stereocenters. The normalized spacial score (nSPS) is 20.8. The number of fused-ring (bicyclic) bond motifs is 1. The molecule has 1 saturated carbocycles. The third-order valence-corrected chi connectivity index (χ3v) is 6.75. The lowest BCUT2D eigenvalue weighted by Gasteiger charge is -2.39. The average molecular weight is 398 g/mol. The Morgan fingerprint density at radius 2 is 1.83 bits per heavy atom. The van der Waals surface area contributed by atoms with E-state index >= 15 is 0 Å². The standard InChI is InChI=1S/C23H31N3O3/c27-20(24-12-14-25-13-6-9-21(25)28)15-23(10-4-1-5-11-23)17-26-16-18-7-2-3-8-19(18)22(26)29/h2-3,7-8H,1,4-6,9-17H2,(H,24,27). The summed E-state index contributed by atoms with van der Waals surface area (Å²) in [5.41, 5.74) is 1.75. The maximum Gasteiger partial charge on any atom is 0.254 e. The summed E-state index contributed by atoms with van der Waals surface area (Å²) in [4.78, 5) is 41.0. The fraction of sp³-hybridized carbons (Fsp3) is 0.609. The van der Waals surface area contributed by atoms with Gasteiger partial charge in [0.25, 0.3) is 5.91 Å². The Kier molecular flexibility index (Phi) is 5.88. The molecule has 6 heteroatoms. The fourth-order valence-electron chi connectivity index (χ4n) is 5.21. The minimum atomic E-state index is -0.135. The summed E-state index contributed by atoms with van der Waals surface area (Å²) in [5.74, 6) is 0.330. The highest BCUT2D eigenvalue weighted by molar-refractivity contribution is 5.98. The molecule has 2 aliphatic heterocycles. The van der Waals surface area contributed by atoms with Crippen molar-refractivity contribution in [2.24, 2.45) is 5.41 Å². The molecule has 3 amide bonds. The molecule has 0 bridgehead atoms. The largest absolute Gasteiger partial charge is 0.354 e. The Labute approximate surface area is 172 Å². The van der Waals surface area contributed by atoms with Crippen LogP contribution in [0.15, 0.2) is 24.3 Å². The van der Waals surface area contributed by atoms with Crippen molar-refractivity contribution in [2.45, 2.75) is 57.9 Å². The first-order valence-electron chi connectivity index (χ1n) is 11.0. The minimum Gasteiger partial charge on any atom is -0.354 e. The molecule has 156 valence electrons. The van der Waals surface area contributed by atoms with Crippen LogP contribution < -0.4 is 5.32 Å². The van der Waals surface area contributed by atoms with Crippen molar-refractivity contribution >= 4 is 17.7 Å². The number of carbonyl (C=O) groups is 3. The number of benzene rings is 1. The van der Waals surface area contributed by atoms with E-state index < -0.39 is 0 Å². The van der Waals surface area contributed by atoms with E-state index in [0.29, 0.717) is 39.0 Å². The Hall–Kier alpha value is -2.37. The van der Waals surface area contributed by atoms with Gasteiger partial charge in [0.2, 0.25) is 11.8 Å². The predicted molar refractivity (Wildman–Crippen MR) is 110 cm³/mol. The number of hydrogen-bond acceptors (Lipinski definition) is 3. The minimum absolute atomic E-state index is 0.0442. The van der Waals surface area contributed by atoms with Crippen LogP contribution in [0.4, 0.5) is 0 Å². The van der Waals surface area contributed by atoms with E-state index in [1.54, 1.807) is 0 Å². The van der Waals surface area contributed by atoms with Crippen molar-refractivity contribution in [3.63, 3.8) is 0 Å². The summed E-state index contributed by atoms with van der Waals surface area (Å²) in [7, 11) is 0. The lowest BCUT2D eigenvalue weighted by molar-refractivity contribution is -0.129. The molecule has 4 rings (SSSR count). The quantitative estimate of drug-likeness (QED) is 0.769. The van der Waals surface area contributed by atoms with E-state index in [1.165, 1.54) is 6.42 Å². The molecule has 2 fully saturated rings. The second-order valence-corrected chi connectivity index (χ2v) is 8.89. The SMILES string of the molecule is O=C(CC1(CN2Cc3ccccc3C2=O)CCCCC1)NCCN1CCCC1=O. The molecule has 0 unspecified atom stereocenters. The first-order valence-corrected chi connectivity index (χ1v) is 11.0. The van der Waals surface area contributed by atoms with Crippen LogP contribution in [0.3, 0.4) is 0 Å². The zero-order valence-corrected chi connectivity index (χ0v) is 17.1. The van der Waals surface area contributed by atoms with E-state index in [9.17, 15) is 14.4 Å². The van der Waals surface area contributed by atoms with Gasteiger partial charge in [-0.1, -0.05) is 37.5 Å². The number of nitrogens with zero attached hydrogens (tertiary/aromatic N) is 2. The van der Waals surface area contributed by atoms with E-state index in [1.807, 2.05) is 34.1 Å². The predicted octanol–water partition coefficient (Wildman–Crippen LogP) is 2.72. The number of amides is 3. The highest BCUT2D eigenvalue weighted by atomic mass is 16.2. The zero-order chi connectivity index (χ0) is 20.3.